The molecule has 26 heavy (non-hydrogen) atoms. The lowest BCUT2D eigenvalue weighted by molar-refractivity contribution is -0.115. The van der Waals surface area contributed by atoms with Crippen molar-refractivity contribution in [1.29, 1.82) is 0 Å². The molecule has 0 aliphatic rings. The summed E-state index contributed by atoms with van der Waals surface area (Å²) in [5.41, 5.74) is 1.54. The monoisotopic (exact) mass is 359 g/mol. The van der Waals surface area contributed by atoms with E-state index in [4.69, 9.17) is 0 Å². The number of hydrogen-bond donors (Lipinski definition) is 3. The Morgan fingerprint density at radius 2 is 1.92 bits per heavy atom. The smallest absolute Gasteiger partial charge is 0.387 e. The van der Waals surface area contributed by atoms with Crippen molar-refractivity contribution >= 4 is 28.4 Å². The number of aromatic amines is 1. The van der Waals surface area contributed by atoms with Gasteiger partial charge in [-0.2, -0.15) is 8.78 Å². The van der Waals surface area contributed by atoms with Crippen molar-refractivity contribution < 1.29 is 23.1 Å². The maximum Gasteiger partial charge on any atom is 0.387 e. The summed E-state index contributed by atoms with van der Waals surface area (Å²) in [6, 6.07) is 12.9. The van der Waals surface area contributed by atoms with Crippen LogP contribution >= 0.6 is 0 Å². The van der Waals surface area contributed by atoms with Crippen molar-refractivity contribution in [2.45, 2.75) is 6.61 Å². The van der Waals surface area contributed by atoms with Crippen LogP contribution < -0.4 is 15.4 Å². The summed E-state index contributed by atoms with van der Waals surface area (Å²) in [7, 11) is 0. The lowest BCUT2D eigenvalue weighted by Gasteiger charge is -2.09. The minimum Gasteiger partial charge on any atom is -0.435 e. The lowest BCUT2D eigenvalue weighted by atomic mass is 10.1. The van der Waals surface area contributed by atoms with Crippen LogP contribution in [0, 0.1) is 0 Å². The summed E-state index contributed by atoms with van der Waals surface area (Å²) in [6.07, 6.45) is 1.57. The standard InChI is InChI=1S/C18H15F2N3O3/c19-18(20)26-12-5-3-4-11(8-12)23-16(24)10-22-17(25)14-9-21-15-7-2-1-6-13(14)15/h1-9,18,21H,10H2,(H,22,25)(H,23,24). The van der Waals surface area contributed by atoms with E-state index in [9.17, 15) is 18.4 Å². The number of hydrogen-bond acceptors (Lipinski definition) is 3. The zero-order valence-electron chi connectivity index (χ0n) is 13.5. The zero-order valence-corrected chi connectivity index (χ0v) is 13.5. The van der Waals surface area contributed by atoms with Gasteiger partial charge in [0.2, 0.25) is 5.91 Å². The predicted octanol–water partition coefficient (Wildman–Crippen LogP) is 3.14. The molecule has 0 aliphatic carbocycles. The molecule has 0 saturated heterocycles. The largest absolute Gasteiger partial charge is 0.435 e. The summed E-state index contributed by atoms with van der Waals surface area (Å²) in [6.45, 7) is -3.21. The maximum absolute atomic E-state index is 12.2. The molecule has 8 heteroatoms. The van der Waals surface area contributed by atoms with Crippen LogP contribution in [0.5, 0.6) is 5.75 Å². The number of nitrogens with one attached hydrogen (secondary N) is 3. The van der Waals surface area contributed by atoms with Gasteiger partial charge in [0.15, 0.2) is 0 Å². The molecule has 3 rings (SSSR count). The van der Waals surface area contributed by atoms with Gasteiger partial charge < -0.3 is 20.4 Å². The number of H-pyrrole nitrogens is 1. The van der Waals surface area contributed by atoms with Gasteiger partial charge in [0, 0.05) is 28.9 Å². The van der Waals surface area contributed by atoms with Crippen LogP contribution in [0.3, 0.4) is 0 Å². The zero-order chi connectivity index (χ0) is 18.5. The van der Waals surface area contributed by atoms with E-state index in [-0.39, 0.29) is 18.0 Å². The summed E-state index contributed by atoms with van der Waals surface area (Å²) in [5, 5.41) is 5.78. The second kappa shape index (κ2) is 7.64. The Labute approximate surface area is 147 Å². The first-order valence-electron chi connectivity index (χ1n) is 7.72. The van der Waals surface area contributed by atoms with Crippen LogP contribution in [0.2, 0.25) is 0 Å². The fourth-order valence-corrected chi connectivity index (χ4v) is 2.47. The molecule has 3 N–H and O–H groups in total. The van der Waals surface area contributed by atoms with E-state index in [1.807, 2.05) is 18.2 Å². The van der Waals surface area contributed by atoms with Gasteiger partial charge in [0.05, 0.1) is 12.1 Å². The van der Waals surface area contributed by atoms with E-state index in [2.05, 4.69) is 20.4 Å². The Balaban J connectivity index is 1.58. The minimum absolute atomic E-state index is 0.0689. The molecule has 1 heterocycles. The third kappa shape index (κ3) is 4.15. The molecule has 2 amide bonds. The number of fused-ring (bicyclic) bond motifs is 1. The molecular weight excluding hydrogens is 344 g/mol. The van der Waals surface area contributed by atoms with Crippen molar-refractivity contribution in [1.82, 2.24) is 10.3 Å². The highest BCUT2D eigenvalue weighted by Crippen LogP contribution is 2.19. The number of anilines is 1. The number of alkyl halides is 2. The third-order valence-corrected chi connectivity index (χ3v) is 3.59. The molecule has 0 aliphatic heterocycles. The first kappa shape index (κ1) is 17.4. The topological polar surface area (TPSA) is 83.2 Å². The Kier molecular flexibility index (Phi) is 5.12. The number of halogens is 2. The molecule has 134 valence electrons. The highest BCUT2D eigenvalue weighted by Gasteiger charge is 2.13. The van der Waals surface area contributed by atoms with Gasteiger partial charge in [-0.25, -0.2) is 0 Å². The first-order valence-corrected chi connectivity index (χ1v) is 7.72. The highest BCUT2D eigenvalue weighted by molar-refractivity contribution is 6.08. The lowest BCUT2D eigenvalue weighted by Crippen LogP contribution is -2.32. The Morgan fingerprint density at radius 3 is 2.73 bits per heavy atom. The summed E-state index contributed by atoms with van der Waals surface area (Å²) >= 11 is 0. The summed E-state index contributed by atoms with van der Waals surface area (Å²) < 4.78 is 28.7. The second-order valence-corrected chi connectivity index (χ2v) is 5.39. The van der Waals surface area contributed by atoms with Crippen molar-refractivity contribution in [3.05, 3.63) is 60.3 Å². The molecule has 0 atom stereocenters. The molecule has 0 unspecified atom stereocenters. The summed E-state index contributed by atoms with van der Waals surface area (Å²) in [5.74, 6) is -0.958. The van der Waals surface area contributed by atoms with Crippen LogP contribution in [-0.4, -0.2) is 30.0 Å². The predicted molar refractivity (Wildman–Crippen MR) is 92.3 cm³/mol. The quantitative estimate of drug-likeness (QED) is 0.632. The van der Waals surface area contributed by atoms with Gasteiger partial charge in [-0.15, -0.1) is 0 Å². The second-order valence-electron chi connectivity index (χ2n) is 5.39. The third-order valence-electron chi connectivity index (χ3n) is 3.59. The van der Waals surface area contributed by atoms with E-state index in [0.29, 0.717) is 5.56 Å². The van der Waals surface area contributed by atoms with Crippen molar-refractivity contribution in [3.8, 4) is 5.75 Å². The number of amides is 2. The molecule has 3 aromatic rings. The molecule has 0 bridgehead atoms. The van der Waals surface area contributed by atoms with Crippen molar-refractivity contribution in [2.75, 3.05) is 11.9 Å². The molecular formula is C18H15F2N3O3. The Bertz CT molecular complexity index is 940. The van der Waals surface area contributed by atoms with Crippen molar-refractivity contribution in [2.24, 2.45) is 0 Å². The number of para-hydroxylation sites is 1. The SMILES string of the molecule is O=C(CNC(=O)c1c[nH]c2ccccc12)Nc1cccc(OC(F)F)c1. The number of carbonyl (C=O) groups excluding carboxylic acids is 2. The number of ether oxygens (including phenoxy) is 1. The summed E-state index contributed by atoms with van der Waals surface area (Å²) in [4.78, 5) is 27.2. The Hall–Kier alpha value is -3.42. The van der Waals surface area contributed by atoms with Gasteiger partial charge in [-0.1, -0.05) is 24.3 Å². The first-order chi connectivity index (χ1) is 12.5. The molecule has 0 saturated carbocycles. The molecule has 6 nitrogen and oxygen atoms in total. The molecule has 1 aromatic heterocycles. The molecule has 2 aromatic carbocycles. The number of benzene rings is 2. The fraction of sp³-hybridized carbons (Fsp3) is 0.111. The average molecular weight is 359 g/mol. The Morgan fingerprint density at radius 1 is 1.12 bits per heavy atom. The van der Waals surface area contributed by atoms with Crippen LogP contribution in [0.25, 0.3) is 10.9 Å². The normalized spacial score (nSPS) is 10.7. The van der Waals surface area contributed by atoms with Crippen LogP contribution in [0.15, 0.2) is 54.7 Å². The van der Waals surface area contributed by atoms with Crippen molar-refractivity contribution in [3.63, 3.8) is 0 Å². The van der Waals surface area contributed by atoms with Crippen LogP contribution in [-0.2, 0) is 4.79 Å². The van der Waals surface area contributed by atoms with Gasteiger partial charge in [-0.3, -0.25) is 9.59 Å². The minimum atomic E-state index is -2.95. The van der Waals surface area contributed by atoms with E-state index in [1.54, 1.807) is 12.3 Å². The molecule has 0 radical (unpaired) electrons. The molecule has 0 fully saturated rings. The number of rotatable bonds is 6. The van der Waals surface area contributed by atoms with E-state index < -0.39 is 18.4 Å². The van der Waals surface area contributed by atoms with Crippen LogP contribution in [0.1, 0.15) is 10.4 Å². The van der Waals surface area contributed by atoms with Gasteiger partial charge in [0.1, 0.15) is 5.75 Å². The number of carbonyl (C=O) groups is 2. The van der Waals surface area contributed by atoms with Gasteiger partial charge >= 0.3 is 6.61 Å². The maximum atomic E-state index is 12.2. The van der Waals surface area contributed by atoms with Gasteiger partial charge in [-0.05, 0) is 18.2 Å². The fourth-order valence-electron chi connectivity index (χ4n) is 2.47. The van der Waals surface area contributed by atoms with E-state index in [1.165, 1.54) is 24.3 Å². The average Bonchev–Trinajstić information content (AvgIpc) is 3.03. The number of aromatic nitrogens is 1. The van der Waals surface area contributed by atoms with Crippen LogP contribution in [0.4, 0.5) is 14.5 Å². The van der Waals surface area contributed by atoms with E-state index >= 15 is 0 Å². The van der Waals surface area contributed by atoms with E-state index in [0.717, 1.165) is 10.9 Å². The van der Waals surface area contributed by atoms with Gasteiger partial charge in [0.25, 0.3) is 5.91 Å². The highest BCUT2D eigenvalue weighted by atomic mass is 19.3. The molecule has 0 spiro atoms.